The molecule has 0 radical (unpaired) electrons. The van der Waals surface area contributed by atoms with Crippen molar-refractivity contribution in [1.29, 1.82) is 0 Å². The van der Waals surface area contributed by atoms with Gasteiger partial charge in [0.1, 0.15) is 0 Å². The summed E-state index contributed by atoms with van der Waals surface area (Å²) in [5, 5.41) is 2.48. The van der Waals surface area contributed by atoms with Crippen LogP contribution >= 0.6 is 54.5 Å². The normalized spacial score (nSPS) is 12.1. The van der Waals surface area contributed by atoms with E-state index in [4.69, 9.17) is 0 Å². The van der Waals surface area contributed by atoms with Gasteiger partial charge >= 0.3 is 128 Å². The van der Waals surface area contributed by atoms with Crippen LogP contribution in [-0.4, -0.2) is 22.9 Å². The Morgan fingerprint density at radius 2 is 1.35 bits per heavy atom. The summed E-state index contributed by atoms with van der Waals surface area (Å²) in [6.07, 6.45) is 0. The Kier molecular flexibility index (Phi) is 2.51. The van der Waals surface area contributed by atoms with Crippen molar-refractivity contribution in [3.63, 3.8) is 0 Å². The monoisotopic (exact) mass is 452 g/mol. The number of aromatic nitrogens is 2. The van der Waals surface area contributed by atoms with E-state index in [0.29, 0.717) is 0 Å². The van der Waals surface area contributed by atoms with E-state index < -0.39 is 0 Å². The summed E-state index contributed by atoms with van der Waals surface area (Å²) in [6.45, 7) is 0. The van der Waals surface area contributed by atoms with Crippen molar-refractivity contribution < 1.29 is 0 Å². The first-order chi connectivity index (χ1) is 8.24. The molecule has 84 valence electrons. The summed E-state index contributed by atoms with van der Waals surface area (Å²) in [4.78, 5) is 0. The second-order valence-corrected chi connectivity index (χ2v) is 9.52. The summed E-state index contributed by atoms with van der Waals surface area (Å²) in [5.74, 6) is 0. The molecule has 17 heavy (non-hydrogen) atoms. The quantitative estimate of drug-likeness (QED) is 0.363. The van der Waals surface area contributed by atoms with Gasteiger partial charge in [0.05, 0.1) is 0 Å². The molecule has 1 aromatic carbocycles. The third-order valence-electron chi connectivity index (χ3n) is 2.61. The molecular weight excluding hydrogens is 451 g/mol. The molecule has 0 saturated carbocycles. The second-order valence-electron chi connectivity index (χ2n) is 3.55. The number of hydrogen-bond donors (Lipinski definition) is 0. The van der Waals surface area contributed by atoms with E-state index in [1.165, 1.54) is 20.2 Å². The number of thiophene rings is 2. The van der Waals surface area contributed by atoms with Gasteiger partial charge in [-0.05, 0) is 0 Å². The Morgan fingerprint density at radius 1 is 0.882 bits per heavy atom. The van der Waals surface area contributed by atoms with Gasteiger partial charge in [0, 0.05) is 0 Å². The van der Waals surface area contributed by atoms with Gasteiger partial charge in [-0.25, -0.2) is 0 Å². The topological polar surface area (TPSA) is 25.8 Å². The van der Waals surface area contributed by atoms with Crippen LogP contribution in [0.3, 0.4) is 0 Å². The van der Waals surface area contributed by atoms with Gasteiger partial charge in [-0.15, -0.1) is 0 Å². The predicted molar refractivity (Wildman–Crippen MR) is 82.6 cm³/mol. The van der Waals surface area contributed by atoms with Crippen molar-refractivity contribution in [3.05, 3.63) is 19.7 Å². The zero-order valence-electron chi connectivity index (χ0n) is 8.03. The Hall–Kier alpha value is 0.219. The van der Waals surface area contributed by atoms with Crippen LogP contribution in [0.5, 0.6) is 0 Å². The molecule has 0 aliphatic carbocycles. The zero-order chi connectivity index (χ0) is 11.6. The molecule has 0 aliphatic rings. The van der Waals surface area contributed by atoms with E-state index in [2.05, 4.69) is 52.0 Å². The van der Waals surface area contributed by atoms with Crippen molar-refractivity contribution in [2.75, 3.05) is 0 Å². The van der Waals surface area contributed by atoms with E-state index in [9.17, 15) is 0 Å². The molecule has 3 aromatic heterocycles. The van der Waals surface area contributed by atoms with Crippen LogP contribution in [0.25, 0.3) is 31.2 Å². The second kappa shape index (κ2) is 3.85. The van der Waals surface area contributed by atoms with E-state index in [1.54, 1.807) is 22.7 Å². The fraction of sp³-hybridized carbons (Fsp3) is 0. The summed E-state index contributed by atoms with van der Waals surface area (Å²) >= 11 is 10.7. The number of hydrogen-bond acceptors (Lipinski definition) is 4. The van der Waals surface area contributed by atoms with Gasteiger partial charge in [-0.2, -0.15) is 0 Å². The van der Waals surface area contributed by atoms with E-state index in [0.717, 1.165) is 18.6 Å². The van der Waals surface area contributed by atoms with Gasteiger partial charge in [0.2, 0.25) is 0 Å². The Bertz CT molecular complexity index is 806. The Balaban J connectivity index is 2.46. The molecule has 0 fully saturated rings. The molecule has 0 atom stereocenters. The molecule has 0 saturated heterocycles. The van der Waals surface area contributed by atoms with Crippen LogP contribution in [-0.2, 0) is 0 Å². The first-order valence-electron chi connectivity index (χ1n) is 4.66. The average Bonchev–Trinajstić information content (AvgIpc) is 2.91. The summed E-state index contributed by atoms with van der Waals surface area (Å²) in [6, 6.07) is 4.32. The van der Waals surface area contributed by atoms with Gasteiger partial charge in [0.25, 0.3) is 0 Å². The van der Waals surface area contributed by atoms with Gasteiger partial charge < -0.3 is 0 Å². The molecule has 0 N–H and O–H groups in total. The number of nitrogens with zero attached hydrogens (tertiary/aromatic N) is 2. The minimum absolute atomic E-state index is 0.0202. The van der Waals surface area contributed by atoms with Gasteiger partial charge in [-0.1, -0.05) is 0 Å². The average molecular weight is 453 g/mol. The molecule has 4 aromatic rings. The third-order valence-corrected chi connectivity index (χ3v) is 7.16. The SMILES string of the molecule is Brc1cc2c3n[se]nc3c3cc(Br)sc3c2s1. The molecule has 0 spiro atoms. The number of halogens is 2. The van der Waals surface area contributed by atoms with Crippen molar-refractivity contribution >= 4 is 101 Å². The summed E-state index contributed by atoms with van der Waals surface area (Å²) in [7, 11) is 0. The van der Waals surface area contributed by atoms with Crippen molar-refractivity contribution in [1.82, 2.24) is 7.96 Å². The van der Waals surface area contributed by atoms with Crippen molar-refractivity contribution in [3.8, 4) is 0 Å². The molecule has 3 heterocycles. The third kappa shape index (κ3) is 1.54. The van der Waals surface area contributed by atoms with Crippen LogP contribution in [0.1, 0.15) is 0 Å². The van der Waals surface area contributed by atoms with Crippen molar-refractivity contribution in [2.45, 2.75) is 0 Å². The molecule has 4 rings (SSSR count). The van der Waals surface area contributed by atoms with Crippen LogP contribution in [0, 0.1) is 0 Å². The van der Waals surface area contributed by atoms with E-state index in [-0.39, 0.29) is 15.0 Å². The molecule has 2 nitrogen and oxygen atoms in total. The van der Waals surface area contributed by atoms with Crippen molar-refractivity contribution in [2.24, 2.45) is 0 Å². The molecule has 7 heteroatoms. The zero-order valence-corrected chi connectivity index (χ0v) is 14.5. The minimum atomic E-state index is 0.0202. The Labute approximate surface area is 127 Å². The van der Waals surface area contributed by atoms with E-state index in [1.807, 2.05) is 0 Å². The van der Waals surface area contributed by atoms with Gasteiger partial charge in [-0.3, -0.25) is 0 Å². The number of rotatable bonds is 0. The standard InChI is InChI=1S/C10H2Br2N2S2Se/c11-5-1-3-7-8(14-17-13-7)4-2-6(12)16-10(4)9(3)15-5/h1-2H. The molecule has 0 bridgehead atoms. The molecule has 0 aliphatic heterocycles. The summed E-state index contributed by atoms with van der Waals surface area (Å²) < 4.78 is 14.1. The van der Waals surface area contributed by atoms with Crippen LogP contribution in [0.15, 0.2) is 19.7 Å². The number of benzene rings is 1. The van der Waals surface area contributed by atoms with Crippen LogP contribution in [0.4, 0.5) is 0 Å². The number of fused-ring (bicyclic) bond motifs is 6. The van der Waals surface area contributed by atoms with Gasteiger partial charge in [0.15, 0.2) is 0 Å². The first kappa shape index (κ1) is 11.1. The Morgan fingerprint density at radius 3 is 1.82 bits per heavy atom. The maximum absolute atomic E-state index is 4.57. The van der Waals surface area contributed by atoms with Crippen LogP contribution < -0.4 is 0 Å². The van der Waals surface area contributed by atoms with E-state index >= 15 is 0 Å². The summed E-state index contributed by atoms with van der Waals surface area (Å²) in [5.41, 5.74) is 2.17. The molecule has 0 unspecified atom stereocenters. The van der Waals surface area contributed by atoms with Crippen LogP contribution in [0.2, 0.25) is 0 Å². The molecule has 0 amide bonds. The molecular formula is C10H2Br2N2S2Se. The fourth-order valence-corrected chi connectivity index (χ4v) is 6.52. The first-order valence-corrected chi connectivity index (χ1v) is 9.41. The maximum atomic E-state index is 4.57. The predicted octanol–water partition coefficient (Wildman–Crippen LogP) is 4.64. The fourth-order valence-electron chi connectivity index (χ4n) is 1.95.